The molecule has 0 aliphatic heterocycles. The fourth-order valence-corrected chi connectivity index (χ4v) is 4.10. The van der Waals surface area contributed by atoms with Crippen LogP contribution in [0.15, 0.2) is 0 Å². The van der Waals surface area contributed by atoms with E-state index >= 15 is 0 Å². The van der Waals surface area contributed by atoms with Gasteiger partial charge < -0.3 is 0 Å². The molecular formula is C18AlCo3N18O6. The number of nitriles is 18. The van der Waals surface area contributed by atoms with Gasteiger partial charge in [-0.05, 0) is 0 Å². The van der Waals surface area contributed by atoms with Gasteiger partial charge in [-0.15, -0.1) is 0 Å². The van der Waals surface area contributed by atoms with E-state index in [1.807, 2.05) is 0 Å². The van der Waals surface area contributed by atoms with Gasteiger partial charge in [-0.3, -0.25) is 0 Å². The summed E-state index contributed by atoms with van der Waals surface area (Å²) in [5.41, 5.74) is 0. The van der Waals surface area contributed by atoms with Crippen LogP contribution in [0.1, 0.15) is 0 Å². The van der Waals surface area contributed by atoms with Crippen molar-refractivity contribution < 1.29 is 52.4 Å². The fraction of sp³-hybridized carbons (Fsp3) is 0. The molecule has 0 saturated carbocycles. The molecule has 0 radical (unpaired) electrons. The SMILES string of the molecule is N#C[O][Co-](=[O])([C]#N)([C]#N)([C]#N)([C]#N)[C]#N.N#C[O][Co-](=[O])([C]#N)([C]#N)([C]#N)([C]#N)[C]#N.N#C[O][Co-](=[O])([C]#N)([C]#N)([C]#N)([C]#N)[C]#N.[Al+3]. The topological polar surface area (TPSA) is 507 Å². The Labute approximate surface area is 257 Å². The Bertz CT molecular complexity index is 2120. The summed E-state index contributed by atoms with van der Waals surface area (Å²) in [6.45, 7) is 0. The van der Waals surface area contributed by atoms with Crippen molar-refractivity contribution in [1.29, 1.82) is 94.7 Å². The Morgan fingerprint density at radius 3 is 0.370 bits per heavy atom. The molecule has 24 nitrogen and oxygen atoms in total. The summed E-state index contributed by atoms with van der Waals surface area (Å²) in [5, 5.41) is 161. The first-order chi connectivity index (χ1) is 20.2. The quantitative estimate of drug-likeness (QED) is 0.254. The van der Waals surface area contributed by atoms with Crippen LogP contribution >= 0.6 is 0 Å². The van der Waals surface area contributed by atoms with Crippen molar-refractivity contribution in [2.45, 2.75) is 0 Å². The van der Waals surface area contributed by atoms with E-state index in [-0.39, 0.29) is 17.4 Å². The zero-order valence-electron chi connectivity index (χ0n) is 21.1. The molecule has 46 heavy (non-hydrogen) atoms. The summed E-state index contributed by atoms with van der Waals surface area (Å²) in [4.78, 5) is 0. The normalized spacial score (nSPS) is 15.4. The first-order valence-corrected chi connectivity index (χ1v) is 18.3. The second-order valence-corrected chi connectivity index (χ2v) is 25.1. The van der Waals surface area contributed by atoms with Crippen LogP contribution in [0.5, 0.6) is 0 Å². The molecule has 0 fully saturated rings. The van der Waals surface area contributed by atoms with E-state index in [4.69, 9.17) is 94.7 Å². The van der Waals surface area contributed by atoms with Gasteiger partial charge in [-0.2, -0.15) is 0 Å². The van der Waals surface area contributed by atoms with Crippen LogP contribution in [-0.4, -0.2) is 17.4 Å². The van der Waals surface area contributed by atoms with Gasteiger partial charge in [0.1, 0.15) is 0 Å². The van der Waals surface area contributed by atoms with Gasteiger partial charge >= 0.3 is 258 Å². The zero-order valence-corrected chi connectivity index (χ0v) is 25.4. The van der Waals surface area contributed by atoms with E-state index in [0.717, 1.165) is 0 Å². The van der Waals surface area contributed by atoms with Crippen molar-refractivity contribution in [3.63, 3.8) is 0 Å². The molecule has 0 saturated heterocycles. The predicted octanol–water partition coefficient (Wildman–Crippen LogP) is -0.648. The van der Waals surface area contributed by atoms with Gasteiger partial charge in [0.15, 0.2) is 0 Å². The second-order valence-electron chi connectivity index (χ2n) is 6.30. The number of nitrogens with zero attached hydrogens (tertiary/aromatic N) is 18. The molecule has 28 heteroatoms. The van der Waals surface area contributed by atoms with E-state index in [1.165, 1.54) is 0 Å². The molecule has 0 aromatic heterocycles. The van der Waals surface area contributed by atoms with E-state index in [9.17, 15) is 11.6 Å². The van der Waals surface area contributed by atoms with Crippen LogP contribution in [0.4, 0.5) is 0 Å². The molecule has 0 rings (SSSR count). The fourth-order valence-electron chi connectivity index (χ4n) is 0.994. The minimum absolute atomic E-state index is 0. The average molecular weight is 768 g/mol. The van der Waals surface area contributed by atoms with Crippen LogP contribution in [0.25, 0.3) is 0 Å². The maximum atomic E-state index is 12.2. The van der Waals surface area contributed by atoms with Gasteiger partial charge in [0.05, 0.1) is 0 Å². The summed E-state index contributed by atoms with van der Waals surface area (Å²) < 4.78 is 47.3. The van der Waals surface area contributed by atoms with E-state index < -0.39 is 29.2 Å². The molecular weight excluding hydrogens is 768 g/mol. The maximum Gasteiger partial charge on any atom is 3.00 e. The molecule has 0 bridgehead atoms. The van der Waals surface area contributed by atoms with E-state index in [1.54, 1.807) is 0 Å². The Balaban J connectivity index is -0.000000285. The largest absolute Gasteiger partial charge is 3.00 e. The molecule has 0 aliphatic rings. The van der Waals surface area contributed by atoms with Crippen LogP contribution in [0, 0.1) is 189 Å². The van der Waals surface area contributed by atoms with E-state index in [0.29, 0.717) is 93.8 Å². The monoisotopic (exact) mass is 768 g/mol. The third kappa shape index (κ3) is 4.07. The number of hydrogen-bond acceptors (Lipinski definition) is 24. The van der Waals surface area contributed by atoms with Crippen LogP contribution in [0.2, 0.25) is 0 Å². The van der Waals surface area contributed by atoms with Crippen molar-refractivity contribution in [2.24, 2.45) is 0 Å². The van der Waals surface area contributed by atoms with Crippen LogP contribution in [-0.2, 0) is 52.4 Å². The molecule has 0 amide bonds. The summed E-state index contributed by atoms with van der Waals surface area (Å²) in [6.07, 6.45) is 1.86. The van der Waals surface area contributed by atoms with Crippen molar-refractivity contribution in [3.8, 4) is 93.8 Å². The van der Waals surface area contributed by atoms with Crippen molar-refractivity contribution in [1.82, 2.24) is 0 Å². The second kappa shape index (κ2) is 8.15. The van der Waals surface area contributed by atoms with Gasteiger partial charge in [0, 0.05) is 0 Å². The van der Waals surface area contributed by atoms with E-state index in [2.05, 4.69) is 11.5 Å². The summed E-state index contributed by atoms with van der Waals surface area (Å²) >= 11 is 0. The van der Waals surface area contributed by atoms with Crippen molar-refractivity contribution >= 4 is 17.4 Å². The summed E-state index contributed by atoms with van der Waals surface area (Å²) in [5.74, 6) is 0. The minimum Gasteiger partial charge on any atom is 3.00 e. The molecule has 0 N–H and O–H groups in total. The molecule has 0 atom stereocenters. The zero-order chi connectivity index (χ0) is 37.0. The Kier molecular flexibility index (Phi) is 7.92. The Morgan fingerprint density at radius 2 is 0.348 bits per heavy atom. The Morgan fingerprint density at radius 1 is 0.261 bits per heavy atom. The summed E-state index contributed by atoms with van der Waals surface area (Å²) in [7, 11) is -24.4. The summed E-state index contributed by atoms with van der Waals surface area (Å²) in [6, 6.07) is 0. The Hall–Kier alpha value is -8.33. The van der Waals surface area contributed by atoms with Crippen molar-refractivity contribution in [2.75, 3.05) is 0 Å². The minimum atomic E-state index is -8.12. The third-order valence-corrected chi connectivity index (χ3v) is 15.8. The number of rotatable bonds is 3. The molecule has 0 aromatic carbocycles. The van der Waals surface area contributed by atoms with Crippen LogP contribution < -0.4 is 0 Å². The smallest absolute Gasteiger partial charge is 3.00 e. The predicted molar refractivity (Wildman–Crippen MR) is 112 cm³/mol. The molecule has 228 valence electrons. The van der Waals surface area contributed by atoms with Gasteiger partial charge in [0.25, 0.3) is 0 Å². The third-order valence-electron chi connectivity index (χ3n) is 3.83. The maximum absolute atomic E-state index is 12.2. The van der Waals surface area contributed by atoms with Gasteiger partial charge in [-0.25, -0.2) is 0 Å². The molecule has 0 unspecified atom stereocenters. The molecule has 0 spiro atoms. The first-order valence-electron chi connectivity index (χ1n) is 7.95. The van der Waals surface area contributed by atoms with Crippen molar-refractivity contribution in [3.05, 3.63) is 0 Å². The molecule has 0 aromatic rings. The number of hydrogen-bond donors (Lipinski definition) is 0. The standard InChI is InChI=1S/3CHNO.15CN.Al.3Co.3O/c3*2-1-3;15*1-2;;;;;;;/h3*3H;;;;;;;;;;;;;;;;;;;;;;/q;;;;;;;;;;;;;;;;;;+3;;;;;;/p-3. The molecule has 0 heterocycles. The average Bonchev–Trinajstić information content (AvgIpc) is 3.11. The van der Waals surface area contributed by atoms with Gasteiger partial charge in [-0.1, -0.05) is 0 Å². The van der Waals surface area contributed by atoms with Crippen LogP contribution in [0.3, 0.4) is 0 Å². The molecule has 0 aliphatic carbocycles. The first kappa shape index (κ1) is 44.7. The van der Waals surface area contributed by atoms with Gasteiger partial charge in [0.2, 0.25) is 0 Å².